The van der Waals surface area contributed by atoms with Crippen molar-refractivity contribution >= 4 is 39.5 Å². The fourth-order valence-electron chi connectivity index (χ4n) is 2.06. The Labute approximate surface area is 148 Å². The van der Waals surface area contributed by atoms with Crippen LogP contribution in [0.15, 0.2) is 22.7 Å². The van der Waals surface area contributed by atoms with Gasteiger partial charge in [0.25, 0.3) is 0 Å². The van der Waals surface area contributed by atoms with Gasteiger partial charge in [-0.3, -0.25) is 4.90 Å². The van der Waals surface area contributed by atoms with Crippen molar-refractivity contribution in [2.75, 3.05) is 26.2 Å². The van der Waals surface area contributed by atoms with Crippen molar-refractivity contribution in [2.45, 2.75) is 19.3 Å². The van der Waals surface area contributed by atoms with Crippen LogP contribution in [0.3, 0.4) is 0 Å². The van der Waals surface area contributed by atoms with Crippen molar-refractivity contribution in [1.82, 2.24) is 4.90 Å². The largest absolute Gasteiger partial charge is 0.491 e. The Balaban J connectivity index is 0.000000379. The molecule has 1 aromatic carbocycles. The minimum atomic E-state index is -1.82. The van der Waals surface area contributed by atoms with Gasteiger partial charge in [-0.15, -0.1) is 0 Å². The molecule has 0 bridgehead atoms. The molecule has 1 aliphatic heterocycles. The van der Waals surface area contributed by atoms with Crippen LogP contribution in [0.5, 0.6) is 5.75 Å². The molecule has 0 spiro atoms. The summed E-state index contributed by atoms with van der Waals surface area (Å²) in [6, 6.07) is 5.61. The van der Waals surface area contributed by atoms with Crippen LogP contribution in [0, 0.1) is 0 Å². The predicted octanol–water partition coefficient (Wildman–Crippen LogP) is 3.12. The van der Waals surface area contributed by atoms with Crippen molar-refractivity contribution < 1.29 is 24.5 Å². The molecule has 128 valence electrons. The monoisotopic (exact) mass is 407 g/mol. The van der Waals surface area contributed by atoms with Gasteiger partial charge >= 0.3 is 11.9 Å². The maximum Gasteiger partial charge on any atom is 0.414 e. The number of carbonyl (C=O) groups is 2. The number of carboxylic acids is 2. The molecular weight excluding hydrogens is 390 g/mol. The first kappa shape index (κ1) is 19.7. The highest BCUT2D eigenvalue weighted by molar-refractivity contribution is 9.10. The fourth-order valence-corrected chi connectivity index (χ4v) is 2.86. The maximum atomic E-state index is 9.10. The molecule has 6 nitrogen and oxygen atoms in total. The summed E-state index contributed by atoms with van der Waals surface area (Å²) >= 11 is 9.33. The third-order valence-electron chi connectivity index (χ3n) is 3.19. The molecule has 1 fully saturated rings. The molecule has 0 saturated carbocycles. The SMILES string of the molecule is Clc1ccc(OCCN2CCCCC2)c(Br)c1.O=C(O)C(=O)O. The Hall–Kier alpha value is -1.31. The molecule has 0 atom stereocenters. The molecule has 2 rings (SSSR count). The minimum Gasteiger partial charge on any atom is -0.491 e. The molecule has 0 unspecified atom stereocenters. The topological polar surface area (TPSA) is 87.1 Å². The number of piperidine rings is 1. The van der Waals surface area contributed by atoms with E-state index in [1.54, 1.807) is 0 Å². The highest BCUT2D eigenvalue weighted by atomic mass is 79.9. The summed E-state index contributed by atoms with van der Waals surface area (Å²) in [6.07, 6.45) is 4.02. The molecule has 0 radical (unpaired) electrons. The molecule has 1 saturated heterocycles. The molecule has 23 heavy (non-hydrogen) atoms. The van der Waals surface area contributed by atoms with Gasteiger partial charge in [-0.25, -0.2) is 9.59 Å². The molecule has 0 aromatic heterocycles. The van der Waals surface area contributed by atoms with E-state index in [4.69, 9.17) is 36.1 Å². The number of benzene rings is 1. The fraction of sp³-hybridized carbons (Fsp3) is 0.467. The Morgan fingerprint density at radius 3 is 2.30 bits per heavy atom. The first-order valence-electron chi connectivity index (χ1n) is 7.16. The van der Waals surface area contributed by atoms with E-state index in [-0.39, 0.29) is 0 Å². The second-order valence-corrected chi connectivity index (χ2v) is 6.23. The van der Waals surface area contributed by atoms with Gasteiger partial charge in [0.05, 0.1) is 4.47 Å². The van der Waals surface area contributed by atoms with Gasteiger partial charge in [-0.2, -0.15) is 0 Å². The average Bonchev–Trinajstić information content (AvgIpc) is 2.51. The zero-order valence-electron chi connectivity index (χ0n) is 12.5. The zero-order valence-corrected chi connectivity index (χ0v) is 14.8. The molecular formula is C15H19BrClNO5. The van der Waals surface area contributed by atoms with E-state index in [1.807, 2.05) is 18.2 Å². The van der Waals surface area contributed by atoms with Crippen molar-refractivity contribution in [3.8, 4) is 5.75 Å². The maximum absolute atomic E-state index is 9.10. The molecule has 2 N–H and O–H groups in total. The van der Waals surface area contributed by atoms with Crippen LogP contribution in [0.25, 0.3) is 0 Å². The summed E-state index contributed by atoms with van der Waals surface area (Å²) in [5.74, 6) is -2.78. The second-order valence-electron chi connectivity index (χ2n) is 4.94. The van der Waals surface area contributed by atoms with E-state index in [2.05, 4.69) is 20.8 Å². The van der Waals surface area contributed by atoms with Crippen LogP contribution in [0.1, 0.15) is 19.3 Å². The van der Waals surface area contributed by atoms with Crippen LogP contribution in [-0.4, -0.2) is 53.3 Å². The summed E-state index contributed by atoms with van der Waals surface area (Å²) < 4.78 is 6.67. The van der Waals surface area contributed by atoms with Crippen molar-refractivity contribution in [1.29, 1.82) is 0 Å². The molecule has 0 aliphatic carbocycles. The van der Waals surface area contributed by atoms with Gasteiger partial charge in [0.1, 0.15) is 12.4 Å². The molecule has 8 heteroatoms. The van der Waals surface area contributed by atoms with E-state index < -0.39 is 11.9 Å². The number of ether oxygens (including phenoxy) is 1. The number of nitrogens with zero attached hydrogens (tertiary/aromatic N) is 1. The van der Waals surface area contributed by atoms with Crippen LogP contribution < -0.4 is 4.74 Å². The third kappa shape index (κ3) is 8.20. The number of likely N-dealkylation sites (tertiary alicyclic amines) is 1. The molecule has 1 aliphatic rings. The molecule has 1 heterocycles. The summed E-state index contributed by atoms with van der Waals surface area (Å²) in [7, 11) is 0. The lowest BCUT2D eigenvalue weighted by molar-refractivity contribution is -0.159. The summed E-state index contributed by atoms with van der Waals surface area (Å²) in [4.78, 5) is 20.7. The number of rotatable bonds is 4. The zero-order chi connectivity index (χ0) is 17.2. The van der Waals surface area contributed by atoms with Crippen LogP contribution in [0.4, 0.5) is 0 Å². The highest BCUT2D eigenvalue weighted by Crippen LogP contribution is 2.27. The Morgan fingerprint density at radius 2 is 1.78 bits per heavy atom. The molecule has 1 aromatic rings. The van der Waals surface area contributed by atoms with Gasteiger partial charge < -0.3 is 14.9 Å². The Kier molecular flexibility index (Phi) is 8.98. The summed E-state index contributed by atoms with van der Waals surface area (Å²) in [5, 5.41) is 15.5. The molecule has 0 amide bonds. The Morgan fingerprint density at radius 1 is 1.17 bits per heavy atom. The van der Waals surface area contributed by atoms with Crippen molar-refractivity contribution in [2.24, 2.45) is 0 Å². The van der Waals surface area contributed by atoms with Crippen molar-refractivity contribution in [3.63, 3.8) is 0 Å². The lowest BCUT2D eigenvalue weighted by Gasteiger charge is -2.26. The van der Waals surface area contributed by atoms with Gasteiger partial charge in [-0.05, 0) is 60.1 Å². The number of hydrogen-bond donors (Lipinski definition) is 2. The smallest absolute Gasteiger partial charge is 0.414 e. The van der Waals surface area contributed by atoms with Crippen molar-refractivity contribution in [3.05, 3.63) is 27.7 Å². The van der Waals surface area contributed by atoms with E-state index in [0.29, 0.717) is 0 Å². The average molecular weight is 409 g/mol. The quantitative estimate of drug-likeness (QED) is 0.744. The van der Waals surface area contributed by atoms with E-state index in [9.17, 15) is 0 Å². The van der Waals surface area contributed by atoms with E-state index >= 15 is 0 Å². The highest BCUT2D eigenvalue weighted by Gasteiger charge is 2.10. The first-order valence-corrected chi connectivity index (χ1v) is 8.33. The second kappa shape index (κ2) is 10.5. The predicted molar refractivity (Wildman–Crippen MR) is 90.2 cm³/mol. The van der Waals surface area contributed by atoms with E-state index in [0.717, 1.165) is 28.4 Å². The van der Waals surface area contributed by atoms with E-state index in [1.165, 1.54) is 32.4 Å². The minimum absolute atomic E-state index is 0.722. The normalized spacial score (nSPS) is 14.5. The standard InChI is InChI=1S/C13H17BrClNO.C2H2O4/c14-12-10-11(15)4-5-13(12)17-9-8-16-6-2-1-3-7-16;3-1(4)2(5)6/h4-5,10H,1-3,6-9H2;(H,3,4)(H,5,6). The third-order valence-corrected chi connectivity index (χ3v) is 4.05. The lowest BCUT2D eigenvalue weighted by Crippen LogP contribution is -2.33. The number of hydrogen-bond acceptors (Lipinski definition) is 4. The van der Waals surface area contributed by atoms with Crippen LogP contribution in [-0.2, 0) is 9.59 Å². The first-order chi connectivity index (χ1) is 10.9. The lowest BCUT2D eigenvalue weighted by atomic mass is 10.1. The number of halogens is 2. The Bertz CT molecular complexity index is 523. The summed E-state index contributed by atoms with van der Waals surface area (Å²) in [5.41, 5.74) is 0. The van der Waals surface area contributed by atoms with Crippen LogP contribution in [0.2, 0.25) is 5.02 Å². The van der Waals surface area contributed by atoms with Gasteiger partial charge in [0, 0.05) is 11.6 Å². The van der Waals surface area contributed by atoms with Gasteiger partial charge in [0.15, 0.2) is 0 Å². The number of aliphatic carboxylic acids is 2. The van der Waals surface area contributed by atoms with Crippen LogP contribution >= 0.6 is 27.5 Å². The van der Waals surface area contributed by atoms with Gasteiger partial charge in [-0.1, -0.05) is 18.0 Å². The number of carboxylic acid groups (broad SMARTS) is 2. The van der Waals surface area contributed by atoms with Gasteiger partial charge in [0.2, 0.25) is 0 Å². The summed E-state index contributed by atoms with van der Waals surface area (Å²) in [6.45, 7) is 4.17.